The van der Waals surface area contributed by atoms with Crippen LogP contribution < -0.4 is 5.32 Å². The summed E-state index contributed by atoms with van der Waals surface area (Å²) in [5.74, 6) is 1.80. The fourth-order valence-corrected chi connectivity index (χ4v) is 3.03. The third-order valence-corrected chi connectivity index (χ3v) is 4.01. The van der Waals surface area contributed by atoms with Gasteiger partial charge in [-0.15, -0.1) is 0 Å². The van der Waals surface area contributed by atoms with Crippen LogP contribution in [0.2, 0.25) is 0 Å². The number of hydrogen-bond acceptors (Lipinski definition) is 4. The zero-order valence-electron chi connectivity index (χ0n) is 13.6. The highest BCUT2D eigenvalue weighted by molar-refractivity contribution is 4.95. The maximum absolute atomic E-state index is 4.43. The molecular formula is C15H29N5. The molecular weight excluding hydrogens is 250 g/mol. The molecule has 114 valence electrons. The quantitative estimate of drug-likeness (QED) is 0.894. The number of aromatic nitrogens is 3. The maximum Gasteiger partial charge on any atom is 0.141 e. The second-order valence-electron chi connectivity index (χ2n) is 6.95. The number of nitrogens with one attached hydrogen (secondary N) is 1. The first kappa shape index (κ1) is 15.4. The summed E-state index contributed by atoms with van der Waals surface area (Å²) in [5, 5.41) is 7.95. The Morgan fingerprint density at radius 3 is 2.85 bits per heavy atom. The largest absolute Gasteiger partial charge is 0.309 e. The molecule has 1 aliphatic rings. The van der Waals surface area contributed by atoms with Gasteiger partial charge in [-0.1, -0.05) is 13.8 Å². The Labute approximate surface area is 122 Å². The molecule has 1 saturated heterocycles. The van der Waals surface area contributed by atoms with Crippen LogP contribution in [-0.4, -0.2) is 44.3 Å². The molecule has 20 heavy (non-hydrogen) atoms. The Hall–Kier alpha value is -0.940. The summed E-state index contributed by atoms with van der Waals surface area (Å²) >= 11 is 0. The minimum Gasteiger partial charge on any atom is -0.309 e. The summed E-state index contributed by atoms with van der Waals surface area (Å²) in [5.41, 5.74) is 0.171. The van der Waals surface area contributed by atoms with Gasteiger partial charge in [-0.25, -0.2) is 9.67 Å². The molecule has 0 aromatic carbocycles. The van der Waals surface area contributed by atoms with Gasteiger partial charge in [-0.3, -0.25) is 4.90 Å². The van der Waals surface area contributed by atoms with Gasteiger partial charge in [0.05, 0.1) is 6.54 Å². The third kappa shape index (κ3) is 3.79. The molecule has 1 N–H and O–H groups in total. The van der Waals surface area contributed by atoms with Crippen molar-refractivity contribution in [2.24, 2.45) is 5.92 Å². The average Bonchev–Trinajstić information content (AvgIpc) is 2.79. The van der Waals surface area contributed by atoms with Crippen LogP contribution in [0.1, 0.15) is 46.9 Å². The lowest BCUT2D eigenvalue weighted by atomic mass is 9.94. The SMILES string of the molecule is CCn1ncnc1CN1CC(C)(C)NCC1CC(C)C. The van der Waals surface area contributed by atoms with Gasteiger partial charge in [-0.2, -0.15) is 5.10 Å². The van der Waals surface area contributed by atoms with Gasteiger partial charge < -0.3 is 5.32 Å². The molecule has 1 aromatic rings. The Bertz CT molecular complexity index is 424. The zero-order chi connectivity index (χ0) is 14.8. The van der Waals surface area contributed by atoms with Crippen molar-refractivity contribution in [3.8, 4) is 0 Å². The lowest BCUT2D eigenvalue weighted by Crippen LogP contribution is -2.61. The van der Waals surface area contributed by atoms with E-state index in [0.717, 1.165) is 37.9 Å². The smallest absolute Gasteiger partial charge is 0.141 e. The monoisotopic (exact) mass is 279 g/mol. The predicted molar refractivity (Wildman–Crippen MR) is 81.4 cm³/mol. The first-order chi connectivity index (χ1) is 9.41. The van der Waals surface area contributed by atoms with Gasteiger partial charge in [0.2, 0.25) is 0 Å². The first-order valence-corrected chi connectivity index (χ1v) is 7.77. The fraction of sp³-hybridized carbons (Fsp3) is 0.867. The van der Waals surface area contributed by atoms with Gasteiger partial charge in [-0.05, 0) is 33.1 Å². The summed E-state index contributed by atoms with van der Waals surface area (Å²) < 4.78 is 2.00. The minimum atomic E-state index is 0.171. The van der Waals surface area contributed by atoms with Crippen molar-refractivity contribution in [2.75, 3.05) is 13.1 Å². The van der Waals surface area contributed by atoms with Crippen LogP contribution in [0.15, 0.2) is 6.33 Å². The summed E-state index contributed by atoms with van der Waals surface area (Å²) in [4.78, 5) is 7.01. The molecule has 0 radical (unpaired) electrons. The van der Waals surface area contributed by atoms with Gasteiger partial charge in [0.25, 0.3) is 0 Å². The van der Waals surface area contributed by atoms with E-state index >= 15 is 0 Å². The molecule has 1 aliphatic heterocycles. The van der Waals surface area contributed by atoms with Gasteiger partial charge in [0.1, 0.15) is 12.2 Å². The summed E-state index contributed by atoms with van der Waals surface area (Å²) in [6.07, 6.45) is 2.90. The number of hydrogen-bond donors (Lipinski definition) is 1. The molecule has 0 saturated carbocycles. The molecule has 1 unspecified atom stereocenters. The molecule has 1 aromatic heterocycles. The summed E-state index contributed by atoms with van der Waals surface area (Å²) in [6.45, 7) is 15.2. The van der Waals surface area contributed by atoms with Gasteiger partial charge >= 0.3 is 0 Å². The van der Waals surface area contributed by atoms with E-state index in [1.807, 2.05) is 4.68 Å². The van der Waals surface area contributed by atoms with Crippen LogP contribution in [0, 0.1) is 5.92 Å². The number of aryl methyl sites for hydroxylation is 1. The molecule has 2 rings (SSSR count). The van der Waals surface area contributed by atoms with Crippen molar-refractivity contribution < 1.29 is 0 Å². The Kier molecular flexibility index (Phi) is 4.81. The molecule has 0 aliphatic carbocycles. The van der Waals surface area contributed by atoms with Crippen LogP contribution in [0.25, 0.3) is 0 Å². The standard InChI is InChI=1S/C15H29N5/c1-6-20-14(16-11-18-20)9-19-10-15(4,5)17-8-13(19)7-12(2)3/h11-13,17H,6-10H2,1-5H3. The molecule has 5 nitrogen and oxygen atoms in total. The van der Waals surface area contributed by atoms with Crippen molar-refractivity contribution >= 4 is 0 Å². The van der Waals surface area contributed by atoms with Crippen molar-refractivity contribution in [1.82, 2.24) is 25.0 Å². The molecule has 0 spiro atoms. The normalized spacial score (nSPS) is 23.4. The molecule has 0 amide bonds. The summed E-state index contributed by atoms with van der Waals surface area (Å²) in [6, 6.07) is 0.588. The van der Waals surface area contributed by atoms with E-state index in [0.29, 0.717) is 6.04 Å². The zero-order valence-corrected chi connectivity index (χ0v) is 13.6. The second kappa shape index (κ2) is 6.22. The molecule has 2 heterocycles. The highest BCUT2D eigenvalue weighted by Crippen LogP contribution is 2.21. The molecule has 1 fully saturated rings. The Morgan fingerprint density at radius 1 is 1.45 bits per heavy atom. The van der Waals surface area contributed by atoms with E-state index in [2.05, 4.69) is 54.9 Å². The maximum atomic E-state index is 4.43. The van der Waals surface area contributed by atoms with Crippen LogP contribution >= 0.6 is 0 Å². The second-order valence-corrected chi connectivity index (χ2v) is 6.95. The summed E-state index contributed by atoms with van der Waals surface area (Å²) in [7, 11) is 0. The van der Waals surface area contributed by atoms with E-state index in [-0.39, 0.29) is 5.54 Å². The predicted octanol–water partition coefficient (Wildman–Crippen LogP) is 1.90. The highest BCUT2D eigenvalue weighted by Gasteiger charge is 2.33. The van der Waals surface area contributed by atoms with Gasteiger partial charge in [0, 0.05) is 31.2 Å². The third-order valence-electron chi connectivity index (χ3n) is 4.01. The Balaban J connectivity index is 2.10. The van der Waals surface area contributed by atoms with E-state index < -0.39 is 0 Å². The fourth-order valence-electron chi connectivity index (χ4n) is 3.03. The molecule has 1 atom stereocenters. The van der Waals surface area contributed by atoms with Crippen molar-refractivity contribution in [3.05, 3.63) is 12.2 Å². The lowest BCUT2D eigenvalue weighted by Gasteiger charge is -2.45. The van der Waals surface area contributed by atoms with Crippen LogP contribution in [-0.2, 0) is 13.1 Å². The minimum absolute atomic E-state index is 0.171. The van der Waals surface area contributed by atoms with E-state index in [1.165, 1.54) is 6.42 Å². The lowest BCUT2D eigenvalue weighted by molar-refractivity contribution is 0.0724. The Morgan fingerprint density at radius 2 is 2.20 bits per heavy atom. The van der Waals surface area contributed by atoms with Crippen molar-refractivity contribution in [1.29, 1.82) is 0 Å². The van der Waals surface area contributed by atoms with Crippen molar-refractivity contribution in [2.45, 2.75) is 65.7 Å². The number of rotatable bonds is 5. The van der Waals surface area contributed by atoms with Crippen LogP contribution in [0.3, 0.4) is 0 Å². The number of nitrogens with zero attached hydrogens (tertiary/aromatic N) is 4. The average molecular weight is 279 g/mol. The highest BCUT2D eigenvalue weighted by atomic mass is 15.4. The van der Waals surface area contributed by atoms with Crippen molar-refractivity contribution in [3.63, 3.8) is 0 Å². The first-order valence-electron chi connectivity index (χ1n) is 7.77. The topological polar surface area (TPSA) is 46.0 Å². The van der Waals surface area contributed by atoms with E-state index in [9.17, 15) is 0 Å². The number of piperazine rings is 1. The molecule has 0 bridgehead atoms. The van der Waals surface area contributed by atoms with E-state index in [4.69, 9.17) is 0 Å². The van der Waals surface area contributed by atoms with Gasteiger partial charge in [0.15, 0.2) is 0 Å². The van der Waals surface area contributed by atoms with E-state index in [1.54, 1.807) is 6.33 Å². The molecule has 5 heteroatoms. The van der Waals surface area contributed by atoms with Crippen LogP contribution in [0.5, 0.6) is 0 Å². The van der Waals surface area contributed by atoms with Crippen LogP contribution in [0.4, 0.5) is 0 Å².